The van der Waals surface area contributed by atoms with E-state index in [1.54, 1.807) is 48.5 Å². The number of hydrogen-bond acceptors (Lipinski definition) is 3. The van der Waals surface area contributed by atoms with Crippen molar-refractivity contribution in [2.24, 2.45) is 0 Å². The topological polar surface area (TPSA) is 98.7 Å². The van der Waals surface area contributed by atoms with E-state index in [-0.39, 0.29) is 12.2 Å². The first kappa shape index (κ1) is 15.4. The zero-order valence-electron chi connectivity index (χ0n) is 11.7. The zero-order chi connectivity index (χ0) is 15.9. The molecule has 0 aliphatic heterocycles. The van der Waals surface area contributed by atoms with Gasteiger partial charge in [-0.3, -0.25) is 0 Å². The van der Waals surface area contributed by atoms with Crippen LogP contribution in [0, 0.1) is 0 Å². The predicted molar refractivity (Wildman–Crippen MR) is 81.8 cm³/mol. The number of carboxylic acid groups (broad SMARTS) is 1. The van der Waals surface area contributed by atoms with Crippen molar-refractivity contribution in [3.63, 3.8) is 0 Å². The molecule has 0 spiro atoms. The quantitative estimate of drug-likeness (QED) is 0.680. The molecule has 4 N–H and O–H groups in total. The summed E-state index contributed by atoms with van der Waals surface area (Å²) in [5.74, 6) is -1.18. The lowest BCUT2D eigenvalue weighted by atomic mass is 10.1. The van der Waals surface area contributed by atoms with Crippen LogP contribution in [0.2, 0.25) is 0 Å². The van der Waals surface area contributed by atoms with E-state index in [2.05, 4.69) is 10.6 Å². The lowest BCUT2D eigenvalue weighted by Crippen LogP contribution is -2.44. The predicted octanol–water partition coefficient (Wildman–Crippen LogP) is 2.21. The molecule has 0 unspecified atom stereocenters. The summed E-state index contributed by atoms with van der Waals surface area (Å²) in [5.41, 5.74) is 1.02. The number of carbonyl (C=O) groups is 2. The van der Waals surface area contributed by atoms with Crippen LogP contribution in [0.3, 0.4) is 0 Å². The number of phenolic OH excluding ortho intramolecular Hbond substituents is 1. The van der Waals surface area contributed by atoms with E-state index in [1.165, 1.54) is 6.07 Å². The molecule has 1 atom stereocenters. The molecule has 0 saturated heterocycles. The molecule has 6 nitrogen and oxygen atoms in total. The maximum Gasteiger partial charge on any atom is 0.326 e. The van der Waals surface area contributed by atoms with Gasteiger partial charge in [0.15, 0.2) is 0 Å². The second kappa shape index (κ2) is 7.12. The molecule has 2 amide bonds. The fourth-order valence-corrected chi connectivity index (χ4v) is 1.95. The maximum atomic E-state index is 11.9. The molecule has 2 aromatic rings. The summed E-state index contributed by atoms with van der Waals surface area (Å²) in [6, 6.07) is 13.4. The number of aromatic hydroxyl groups is 1. The number of urea groups is 1. The Morgan fingerprint density at radius 1 is 1.00 bits per heavy atom. The highest BCUT2D eigenvalue weighted by molar-refractivity contribution is 5.92. The van der Waals surface area contributed by atoms with Crippen LogP contribution in [-0.4, -0.2) is 28.3 Å². The number of phenols is 1. The van der Waals surface area contributed by atoms with Gasteiger partial charge in [0, 0.05) is 12.1 Å². The summed E-state index contributed by atoms with van der Waals surface area (Å²) < 4.78 is 0. The molecular weight excluding hydrogens is 284 g/mol. The lowest BCUT2D eigenvalue weighted by molar-refractivity contribution is -0.139. The molecule has 22 heavy (non-hydrogen) atoms. The highest BCUT2D eigenvalue weighted by atomic mass is 16.4. The largest absolute Gasteiger partial charge is 0.508 e. The molecule has 0 aromatic heterocycles. The zero-order valence-corrected chi connectivity index (χ0v) is 11.7. The number of amides is 2. The van der Waals surface area contributed by atoms with Gasteiger partial charge < -0.3 is 20.8 Å². The molecule has 0 fully saturated rings. The number of carboxylic acids is 1. The van der Waals surface area contributed by atoms with E-state index in [0.717, 1.165) is 0 Å². The second-order valence-corrected chi connectivity index (χ2v) is 4.69. The van der Waals surface area contributed by atoms with Crippen molar-refractivity contribution in [2.45, 2.75) is 12.5 Å². The lowest BCUT2D eigenvalue weighted by Gasteiger charge is -2.16. The van der Waals surface area contributed by atoms with E-state index >= 15 is 0 Å². The van der Waals surface area contributed by atoms with Crippen molar-refractivity contribution in [2.75, 3.05) is 5.32 Å². The average Bonchev–Trinajstić information content (AvgIpc) is 2.49. The van der Waals surface area contributed by atoms with Gasteiger partial charge in [-0.25, -0.2) is 9.59 Å². The van der Waals surface area contributed by atoms with Gasteiger partial charge in [0.2, 0.25) is 0 Å². The van der Waals surface area contributed by atoms with Crippen molar-refractivity contribution in [1.29, 1.82) is 0 Å². The Balaban J connectivity index is 2.01. The number of carbonyl (C=O) groups excluding carboxylic acids is 1. The van der Waals surface area contributed by atoms with Crippen LogP contribution < -0.4 is 10.6 Å². The molecule has 2 rings (SSSR count). The number of anilines is 1. The normalized spacial score (nSPS) is 11.5. The third-order valence-corrected chi connectivity index (χ3v) is 3.05. The molecule has 114 valence electrons. The van der Waals surface area contributed by atoms with E-state index in [1.807, 2.05) is 0 Å². The summed E-state index contributed by atoms with van der Waals surface area (Å²) in [7, 11) is 0. The molecule has 2 aromatic carbocycles. The van der Waals surface area contributed by atoms with Gasteiger partial charge in [-0.15, -0.1) is 0 Å². The summed E-state index contributed by atoms with van der Waals surface area (Å²) >= 11 is 0. The molecule has 0 radical (unpaired) electrons. The Morgan fingerprint density at radius 2 is 1.64 bits per heavy atom. The van der Waals surface area contributed by atoms with Crippen molar-refractivity contribution in [3.8, 4) is 5.75 Å². The Kier molecular flexibility index (Phi) is 4.98. The fraction of sp³-hybridized carbons (Fsp3) is 0.125. The Morgan fingerprint density at radius 3 is 2.27 bits per heavy atom. The van der Waals surface area contributed by atoms with Crippen LogP contribution in [-0.2, 0) is 11.2 Å². The number of nitrogens with one attached hydrogen (secondary N) is 2. The summed E-state index contributed by atoms with van der Waals surface area (Å²) in [6.07, 6.45) is -0.00971. The standard InChI is InChI=1S/C16H16N2O4/c19-14-9-5-4-6-11(14)10-13(15(20)21)18-16(22)17-12-7-2-1-3-8-12/h1-9,13,19H,10H2,(H,20,21)(H2,17,18,22)/t13-/m1/s1. The van der Waals surface area contributed by atoms with E-state index in [9.17, 15) is 19.8 Å². The van der Waals surface area contributed by atoms with Crippen molar-refractivity contribution in [3.05, 3.63) is 60.2 Å². The third-order valence-electron chi connectivity index (χ3n) is 3.05. The van der Waals surface area contributed by atoms with E-state index < -0.39 is 18.0 Å². The van der Waals surface area contributed by atoms with Crippen molar-refractivity contribution < 1.29 is 19.8 Å². The fourth-order valence-electron chi connectivity index (χ4n) is 1.95. The summed E-state index contributed by atoms with van der Waals surface area (Å²) in [4.78, 5) is 23.1. The van der Waals surface area contributed by atoms with Gasteiger partial charge in [-0.05, 0) is 23.8 Å². The number of para-hydroxylation sites is 2. The van der Waals surface area contributed by atoms with Crippen LogP contribution in [0.25, 0.3) is 0 Å². The summed E-state index contributed by atoms with van der Waals surface area (Å²) in [6.45, 7) is 0. The first-order valence-electron chi connectivity index (χ1n) is 6.68. The number of benzene rings is 2. The third kappa shape index (κ3) is 4.24. The van der Waals surface area contributed by atoms with Crippen LogP contribution >= 0.6 is 0 Å². The highest BCUT2D eigenvalue weighted by Gasteiger charge is 2.21. The van der Waals surface area contributed by atoms with Gasteiger partial charge in [0.25, 0.3) is 0 Å². The smallest absolute Gasteiger partial charge is 0.326 e. The summed E-state index contributed by atoms with van der Waals surface area (Å²) in [5, 5.41) is 23.8. The Labute approximate surface area is 127 Å². The number of aliphatic carboxylic acids is 1. The Hall–Kier alpha value is -3.02. The minimum absolute atomic E-state index is 0.000910. The molecule has 0 aliphatic carbocycles. The average molecular weight is 300 g/mol. The minimum Gasteiger partial charge on any atom is -0.508 e. The van der Waals surface area contributed by atoms with Crippen LogP contribution in [0.5, 0.6) is 5.75 Å². The van der Waals surface area contributed by atoms with Crippen LogP contribution in [0.4, 0.5) is 10.5 Å². The molecule has 6 heteroatoms. The number of hydrogen-bond donors (Lipinski definition) is 4. The van der Waals surface area contributed by atoms with Gasteiger partial charge in [0.05, 0.1) is 0 Å². The molecule has 0 saturated carbocycles. The Bertz CT molecular complexity index is 658. The molecular formula is C16H16N2O4. The SMILES string of the molecule is O=C(Nc1ccccc1)N[C@H](Cc1ccccc1O)C(=O)O. The maximum absolute atomic E-state index is 11.9. The van der Waals surface area contributed by atoms with E-state index in [0.29, 0.717) is 11.3 Å². The van der Waals surface area contributed by atoms with Crippen LogP contribution in [0.1, 0.15) is 5.56 Å². The van der Waals surface area contributed by atoms with Gasteiger partial charge in [-0.1, -0.05) is 36.4 Å². The van der Waals surface area contributed by atoms with Gasteiger partial charge in [-0.2, -0.15) is 0 Å². The first-order valence-corrected chi connectivity index (χ1v) is 6.68. The minimum atomic E-state index is -1.17. The second-order valence-electron chi connectivity index (χ2n) is 4.69. The molecule has 0 heterocycles. The van der Waals surface area contributed by atoms with Crippen molar-refractivity contribution >= 4 is 17.7 Å². The van der Waals surface area contributed by atoms with Crippen LogP contribution in [0.15, 0.2) is 54.6 Å². The van der Waals surface area contributed by atoms with Crippen molar-refractivity contribution in [1.82, 2.24) is 5.32 Å². The van der Waals surface area contributed by atoms with E-state index in [4.69, 9.17) is 0 Å². The highest BCUT2D eigenvalue weighted by Crippen LogP contribution is 2.17. The monoisotopic (exact) mass is 300 g/mol. The molecule has 0 bridgehead atoms. The number of rotatable bonds is 5. The van der Waals surface area contributed by atoms with Gasteiger partial charge in [0.1, 0.15) is 11.8 Å². The molecule has 0 aliphatic rings. The van der Waals surface area contributed by atoms with Gasteiger partial charge >= 0.3 is 12.0 Å². The first-order chi connectivity index (χ1) is 10.6.